The molecule has 0 N–H and O–H groups in total. The van der Waals surface area contributed by atoms with Crippen LogP contribution >= 0.6 is 0 Å². The minimum absolute atomic E-state index is 0.125. The van der Waals surface area contributed by atoms with Crippen LogP contribution in [0.15, 0.2) is 65.2 Å². The summed E-state index contributed by atoms with van der Waals surface area (Å²) in [6.07, 6.45) is 0. The van der Waals surface area contributed by atoms with Gasteiger partial charge in [0.15, 0.2) is 28.8 Å². The second-order valence-electron chi connectivity index (χ2n) is 8.81. The average molecular weight is 517 g/mol. The van der Waals surface area contributed by atoms with Crippen molar-refractivity contribution < 1.29 is 33.0 Å². The van der Waals surface area contributed by atoms with E-state index >= 15 is 0 Å². The molecule has 0 radical (unpaired) electrons. The SMILES string of the molecule is COc1cc(-c2cc(CN(Cc3ccc4c(c3)OCO4)C(=O)c3ccc(C)cc3)no2)cc(OC)c1OC. The maximum atomic E-state index is 13.6. The second kappa shape index (κ2) is 10.8. The number of aryl methyl sites for hydroxylation is 1. The number of methoxy groups -OCH3 is 3. The quantitative estimate of drug-likeness (QED) is 0.298. The third-order valence-electron chi connectivity index (χ3n) is 6.26. The number of rotatable bonds is 9. The Morgan fingerprint density at radius 3 is 2.26 bits per heavy atom. The molecule has 38 heavy (non-hydrogen) atoms. The van der Waals surface area contributed by atoms with Crippen molar-refractivity contribution in [3.05, 3.63) is 83.0 Å². The van der Waals surface area contributed by atoms with Crippen LogP contribution in [-0.2, 0) is 13.1 Å². The van der Waals surface area contributed by atoms with Crippen molar-refractivity contribution >= 4 is 5.91 Å². The van der Waals surface area contributed by atoms with Crippen molar-refractivity contribution in [3.63, 3.8) is 0 Å². The normalized spacial score (nSPS) is 11.8. The highest BCUT2D eigenvalue weighted by Gasteiger charge is 2.22. The number of aromatic nitrogens is 1. The molecule has 0 unspecified atom stereocenters. The standard InChI is InChI=1S/C29H28N2O7/c1-18-5-8-20(9-6-18)29(32)31(15-19-7-10-23-25(11-19)37-17-36-23)16-22-14-24(38-30-22)21-12-26(33-2)28(35-4)27(13-21)34-3/h5-14H,15-17H2,1-4H3. The maximum absolute atomic E-state index is 13.6. The molecular formula is C29H28N2O7. The predicted octanol–water partition coefficient (Wildman–Crippen LogP) is 5.25. The number of nitrogens with zero attached hydrogens (tertiary/aromatic N) is 2. The van der Waals surface area contributed by atoms with Gasteiger partial charge >= 0.3 is 0 Å². The molecule has 0 fully saturated rings. The van der Waals surface area contributed by atoms with Gasteiger partial charge in [0.25, 0.3) is 5.91 Å². The molecule has 0 bridgehead atoms. The molecular weight excluding hydrogens is 488 g/mol. The third kappa shape index (κ3) is 5.08. The lowest BCUT2D eigenvalue weighted by Gasteiger charge is -2.22. The van der Waals surface area contributed by atoms with Crippen LogP contribution in [0.5, 0.6) is 28.7 Å². The number of benzene rings is 3. The van der Waals surface area contributed by atoms with E-state index in [1.165, 1.54) is 0 Å². The predicted molar refractivity (Wildman–Crippen MR) is 139 cm³/mol. The van der Waals surface area contributed by atoms with Crippen molar-refractivity contribution in [2.45, 2.75) is 20.0 Å². The Morgan fingerprint density at radius 2 is 1.58 bits per heavy atom. The molecule has 9 heteroatoms. The molecule has 9 nitrogen and oxygen atoms in total. The summed E-state index contributed by atoms with van der Waals surface area (Å²) in [5.74, 6) is 3.22. The van der Waals surface area contributed by atoms with Gasteiger partial charge in [0.1, 0.15) is 5.69 Å². The maximum Gasteiger partial charge on any atom is 0.254 e. The molecule has 1 aromatic heterocycles. The Labute approximate surface area is 220 Å². The van der Waals surface area contributed by atoms with E-state index in [2.05, 4.69) is 5.16 Å². The molecule has 1 aliphatic heterocycles. The fourth-order valence-corrected chi connectivity index (χ4v) is 4.28. The molecule has 0 saturated heterocycles. The number of carbonyl (C=O) groups is 1. The summed E-state index contributed by atoms with van der Waals surface area (Å²) in [5, 5.41) is 4.25. The van der Waals surface area contributed by atoms with Crippen molar-refractivity contribution in [3.8, 4) is 40.1 Å². The molecule has 1 aliphatic rings. The topological polar surface area (TPSA) is 92.5 Å². The van der Waals surface area contributed by atoms with Gasteiger partial charge < -0.3 is 33.1 Å². The molecule has 3 aromatic carbocycles. The van der Waals surface area contributed by atoms with Crippen molar-refractivity contribution in [1.29, 1.82) is 0 Å². The van der Waals surface area contributed by atoms with Gasteiger partial charge in [-0.2, -0.15) is 0 Å². The number of fused-ring (bicyclic) bond motifs is 1. The smallest absolute Gasteiger partial charge is 0.254 e. The van der Waals surface area contributed by atoms with Crippen LogP contribution in [-0.4, -0.2) is 44.1 Å². The molecule has 2 heterocycles. The highest BCUT2D eigenvalue weighted by atomic mass is 16.7. The summed E-state index contributed by atoms with van der Waals surface area (Å²) in [6.45, 7) is 2.75. The highest BCUT2D eigenvalue weighted by molar-refractivity contribution is 5.94. The van der Waals surface area contributed by atoms with E-state index < -0.39 is 0 Å². The molecule has 0 atom stereocenters. The molecule has 0 spiro atoms. The molecule has 4 aromatic rings. The number of hydrogen-bond donors (Lipinski definition) is 0. The van der Waals surface area contributed by atoms with Crippen LogP contribution in [0.4, 0.5) is 0 Å². The zero-order valence-corrected chi connectivity index (χ0v) is 21.6. The van der Waals surface area contributed by atoms with Crippen molar-refractivity contribution in [2.24, 2.45) is 0 Å². The third-order valence-corrected chi connectivity index (χ3v) is 6.26. The summed E-state index contributed by atoms with van der Waals surface area (Å²) in [6, 6.07) is 18.5. The van der Waals surface area contributed by atoms with Crippen LogP contribution in [0.2, 0.25) is 0 Å². The second-order valence-corrected chi connectivity index (χ2v) is 8.81. The fourth-order valence-electron chi connectivity index (χ4n) is 4.28. The minimum Gasteiger partial charge on any atom is -0.493 e. The number of amides is 1. The first-order chi connectivity index (χ1) is 18.5. The van der Waals surface area contributed by atoms with Gasteiger partial charge in [0.2, 0.25) is 12.5 Å². The molecule has 0 saturated carbocycles. The Morgan fingerprint density at radius 1 is 0.868 bits per heavy atom. The minimum atomic E-state index is -0.125. The Balaban J connectivity index is 1.44. The van der Waals surface area contributed by atoms with Gasteiger partial charge in [-0.15, -0.1) is 0 Å². The van der Waals surface area contributed by atoms with E-state index in [1.807, 2.05) is 49.4 Å². The summed E-state index contributed by atoms with van der Waals surface area (Å²) >= 11 is 0. The summed E-state index contributed by atoms with van der Waals surface area (Å²) in [7, 11) is 4.65. The van der Waals surface area contributed by atoms with Gasteiger partial charge in [-0.3, -0.25) is 4.79 Å². The van der Waals surface area contributed by atoms with Crippen molar-refractivity contribution in [2.75, 3.05) is 28.1 Å². The number of carbonyl (C=O) groups excluding carboxylic acids is 1. The number of ether oxygens (including phenoxy) is 5. The Bertz CT molecular complexity index is 1420. The van der Waals surface area contributed by atoms with Gasteiger partial charge in [-0.1, -0.05) is 28.9 Å². The van der Waals surface area contributed by atoms with E-state index in [-0.39, 0.29) is 19.2 Å². The van der Waals surface area contributed by atoms with E-state index in [1.54, 1.807) is 44.4 Å². The first-order valence-corrected chi connectivity index (χ1v) is 12.0. The molecule has 1 amide bonds. The van der Waals surface area contributed by atoms with Gasteiger partial charge in [0.05, 0.1) is 27.9 Å². The van der Waals surface area contributed by atoms with Gasteiger partial charge in [-0.05, 0) is 48.9 Å². The fraction of sp³-hybridized carbons (Fsp3) is 0.241. The van der Waals surface area contributed by atoms with Crippen LogP contribution in [0.1, 0.15) is 27.2 Å². The van der Waals surface area contributed by atoms with Crippen LogP contribution < -0.4 is 23.7 Å². The van der Waals surface area contributed by atoms with Gasteiger partial charge in [-0.25, -0.2) is 0 Å². The van der Waals surface area contributed by atoms with Crippen LogP contribution in [0.25, 0.3) is 11.3 Å². The molecule has 5 rings (SSSR count). The highest BCUT2D eigenvalue weighted by Crippen LogP contribution is 2.41. The van der Waals surface area contributed by atoms with Crippen LogP contribution in [0.3, 0.4) is 0 Å². The summed E-state index contributed by atoms with van der Waals surface area (Å²) in [4.78, 5) is 15.3. The van der Waals surface area contributed by atoms with E-state index in [0.29, 0.717) is 57.9 Å². The van der Waals surface area contributed by atoms with E-state index in [9.17, 15) is 4.79 Å². The zero-order valence-electron chi connectivity index (χ0n) is 21.6. The molecule has 196 valence electrons. The monoisotopic (exact) mass is 516 g/mol. The number of hydrogen-bond acceptors (Lipinski definition) is 8. The van der Waals surface area contributed by atoms with E-state index in [0.717, 1.165) is 11.1 Å². The first kappa shape index (κ1) is 25.0. The summed E-state index contributed by atoms with van der Waals surface area (Å²) in [5.41, 5.74) is 3.86. The lowest BCUT2D eigenvalue weighted by atomic mass is 10.1. The van der Waals surface area contributed by atoms with Crippen LogP contribution in [0, 0.1) is 6.92 Å². The lowest BCUT2D eigenvalue weighted by Crippen LogP contribution is -2.30. The lowest BCUT2D eigenvalue weighted by molar-refractivity contribution is 0.0726. The average Bonchev–Trinajstić information content (AvgIpc) is 3.61. The summed E-state index contributed by atoms with van der Waals surface area (Å²) < 4.78 is 32.9. The Kier molecular flexibility index (Phi) is 7.08. The van der Waals surface area contributed by atoms with Crippen molar-refractivity contribution in [1.82, 2.24) is 10.1 Å². The Hall–Kier alpha value is -4.66. The van der Waals surface area contributed by atoms with Gasteiger partial charge in [0, 0.05) is 23.7 Å². The first-order valence-electron chi connectivity index (χ1n) is 12.0. The zero-order chi connectivity index (χ0) is 26.6. The van der Waals surface area contributed by atoms with E-state index in [4.69, 9.17) is 28.2 Å². The molecule has 0 aliphatic carbocycles. The largest absolute Gasteiger partial charge is 0.493 e.